The van der Waals surface area contributed by atoms with E-state index in [2.05, 4.69) is 9.71 Å². The van der Waals surface area contributed by atoms with Crippen molar-refractivity contribution in [3.63, 3.8) is 0 Å². The molecule has 0 saturated carbocycles. The minimum Gasteiger partial charge on any atom is -0.497 e. The van der Waals surface area contributed by atoms with Gasteiger partial charge in [0.1, 0.15) is 11.6 Å². The quantitative estimate of drug-likeness (QED) is 0.324. The maximum atomic E-state index is 13.4. The molecule has 0 bridgehead atoms. The molecule has 0 radical (unpaired) electrons. The van der Waals surface area contributed by atoms with Gasteiger partial charge in [0.2, 0.25) is 0 Å². The average Bonchev–Trinajstić information content (AvgIpc) is 3.20. The third-order valence-electron chi connectivity index (χ3n) is 5.72. The monoisotopic (exact) mass is 496 g/mol. The van der Waals surface area contributed by atoms with E-state index in [4.69, 9.17) is 9.47 Å². The van der Waals surface area contributed by atoms with E-state index in [9.17, 15) is 17.6 Å². The number of nitrogens with one attached hydrogen (secondary N) is 2. The number of H-pyrrole nitrogens is 1. The van der Waals surface area contributed by atoms with E-state index < -0.39 is 10.0 Å². The van der Waals surface area contributed by atoms with Gasteiger partial charge in [0.25, 0.3) is 10.0 Å². The van der Waals surface area contributed by atoms with Crippen LogP contribution in [0.4, 0.5) is 10.1 Å². The number of rotatable bonds is 9. The molecule has 182 valence electrons. The normalized spacial score (nSPS) is 11.4. The number of benzene rings is 3. The molecule has 0 unspecified atom stereocenters. The molecule has 0 atom stereocenters. The molecular weight excluding hydrogens is 471 g/mol. The summed E-state index contributed by atoms with van der Waals surface area (Å²) in [4.78, 5) is 15.2. The van der Waals surface area contributed by atoms with Gasteiger partial charge in [0.15, 0.2) is 0 Å². The number of hydrogen-bond donors (Lipinski definition) is 2. The van der Waals surface area contributed by atoms with Gasteiger partial charge in [0, 0.05) is 22.3 Å². The second-order valence-corrected chi connectivity index (χ2v) is 9.69. The standard InChI is InChI=1S/C26H25FN2O5S/c1-33-20-8-10-21(11-9-20)35(31,32)29-19-7-12-24-23(16-19)22(15-17-3-5-18(27)6-4-17)25(28-24)13-14-26(30)34-2/h3-12,16,28-29H,13-15H2,1-2H3. The third-order valence-corrected chi connectivity index (χ3v) is 7.11. The zero-order chi connectivity index (χ0) is 25.0. The van der Waals surface area contributed by atoms with Crippen molar-refractivity contribution in [1.29, 1.82) is 0 Å². The first-order valence-corrected chi connectivity index (χ1v) is 12.4. The van der Waals surface area contributed by atoms with Crippen LogP contribution >= 0.6 is 0 Å². The molecule has 4 rings (SSSR count). The van der Waals surface area contributed by atoms with E-state index >= 15 is 0 Å². The Morgan fingerprint density at radius 1 is 1.00 bits per heavy atom. The topological polar surface area (TPSA) is 97.5 Å². The molecule has 0 fully saturated rings. The van der Waals surface area contributed by atoms with Crippen LogP contribution in [0.1, 0.15) is 23.2 Å². The molecule has 4 aromatic rings. The Kier molecular flexibility index (Phi) is 7.07. The summed E-state index contributed by atoms with van der Waals surface area (Å²) in [5.41, 5.74) is 3.82. The summed E-state index contributed by atoms with van der Waals surface area (Å²) in [5, 5.41) is 0.809. The van der Waals surface area contributed by atoms with Crippen molar-refractivity contribution in [2.45, 2.75) is 24.2 Å². The van der Waals surface area contributed by atoms with Crippen LogP contribution < -0.4 is 9.46 Å². The first-order valence-electron chi connectivity index (χ1n) is 10.9. The molecule has 1 heterocycles. The number of sulfonamides is 1. The molecule has 0 aliphatic heterocycles. The summed E-state index contributed by atoms with van der Waals surface area (Å²) in [6.07, 6.45) is 1.09. The Hall–Kier alpha value is -3.85. The number of halogens is 1. The largest absolute Gasteiger partial charge is 0.497 e. The molecule has 0 spiro atoms. The molecule has 9 heteroatoms. The summed E-state index contributed by atoms with van der Waals surface area (Å²) in [6, 6.07) is 17.5. The molecule has 3 aromatic carbocycles. The highest BCUT2D eigenvalue weighted by Gasteiger charge is 2.18. The fourth-order valence-corrected chi connectivity index (χ4v) is 4.94. The molecule has 0 amide bonds. The predicted octanol–water partition coefficient (Wildman–Crippen LogP) is 4.81. The highest BCUT2D eigenvalue weighted by molar-refractivity contribution is 7.92. The van der Waals surface area contributed by atoms with Crippen molar-refractivity contribution in [3.05, 3.63) is 89.4 Å². The minimum absolute atomic E-state index is 0.109. The number of anilines is 1. The van der Waals surface area contributed by atoms with Crippen LogP contribution in [0.5, 0.6) is 5.75 Å². The Bertz CT molecular complexity index is 1450. The van der Waals surface area contributed by atoms with Crippen LogP contribution in [0.25, 0.3) is 10.9 Å². The lowest BCUT2D eigenvalue weighted by Gasteiger charge is -2.10. The van der Waals surface area contributed by atoms with E-state index in [0.717, 1.165) is 27.7 Å². The number of methoxy groups -OCH3 is 2. The lowest BCUT2D eigenvalue weighted by atomic mass is 9.99. The summed E-state index contributed by atoms with van der Waals surface area (Å²) in [5.74, 6) is -0.0965. The second kappa shape index (κ2) is 10.2. The van der Waals surface area contributed by atoms with Crippen LogP contribution in [-0.2, 0) is 32.4 Å². The van der Waals surface area contributed by atoms with Crippen molar-refractivity contribution in [2.75, 3.05) is 18.9 Å². The van der Waals surface area contributed by atoms with Crippen LogP contribution in [-0.4, -0.2) is 33.6 Å². The number of aryl methyl sites for hydroxylation is 1. The number of carbonyl (C=O) groups is 1. The summed E-state index contributed by atoms with van der Waals surface area (Å²) in [6.45, 7) is 0. The first kappa shape index (κ1) is 24.3. The number of ether oxygens (including phenoxy) is 2. The smallest absolute Gasteiger partial charge is 0.305 e. The molecule has 0 aliphatic carbocycles. The lowest BCUT2D eigenvalue weighted by molar-refractivity contribution is -0.140. The van der Waals surface area contributed by atoms with Crippen molar-refractivity contribution in [3.8, 4) is 5.75 Å². The van der Waals surface area contributed by atoms with Gasteiger partial charge in [-0.25, -0.2) is 12.8 Å². The minimum atomic E-state index is -3.82. The number of esters is 1. The summed E-state index contributed by atoms with van der Waals surface area (Å²) >= 11 is 0. The molecule has 2 N–H and O–H groups in total. The van der Waals surface area contributed by atoms with Crippen LogP contribution in [0.3, 0.4) is 0 Å². The van der Waals surface area contributed by atoms with Gasteiger partial charge in [-0.3, -0.25) is 9.52 Å². The van der Waals surface area contributed by atoms with Gasteiger partial charge >= 0.3 is 5.97 Å². The molecule has 1 aromatic heterocycles. The van der Waals surface area contributed by atoms with E-state index in [0.29, 0.717) is 24.3 Å². The highest BCUT2D eigenvalue weighted by atomic mass is 32.2. The number of aromatic amines is 1. The van der Waals surface area contributed by atoms with Crippen molar-refractivity contribution >= 4 is 32.6 Å². The number of carbonyl (C=O) groups excluding carboxylic acids is 1. The first-order chi connectivity index (χ1) is 16.8. The van der Waals surface area contributed by atoms with Crippen molar-refractivity contribution in [2.24, 2.45) is 0 Å². The number of hydrogen-bond acceptors (Lipinski definition) is 5. The van der Waals surface area contributed by atoms with Crippen molar-refractivity contribution < 1.29 is 27.1 Å². The SMILES string of the molecule is COC(=O)CCc1[nH]c2ccc(NS(=O)(=O)c3ccc(OC)cc3)cc2c1Cc1ccc(F)cc1. The van der Waals surface area contributed by atoms with E-state index in [-0.39, 0.29) is 23.1 Å². The Labute approximate surface area is 202 Å². The second-order valence-electron chi connectivity index (χ2n) is 8.00. The van der Waals surface area contributed by atoms with Gasteiger partial charge in [-0.2, -0.15) is 0 Å². The van der Waals surface area contributed by atoms with Gasteiger partial charge in [-0.05, 0) is 78.6 Å². The van der Waals surface area contributed by atoms with E-state index in [1.807, 2.05) is 0 Å². The Morgan fingerprint density at radius 3 is 2.37 bits per heavy atom. The van der Waals surface area contributed by atoms with Crippen LogP contribution in [0.15, 0.2) is 71.6 Å². The van der Waals surface area contributed by atoms with Crippen LogP contribution in [0, 0.1) is 5.82 Å². The van der Waals surface area contributed by atoms with Gasteiger partial charge < -0.3 is 14.5 Å². The summed E-state index contributed by atoms with van der Waals surface area (Å²) < 4.78 is 51.7. The maximum absolute atomic E-state index is 13.4. The van der Waals surface area contributed by atoms with E-state index in [1.165, 1.54) is 38.5 Å². The number of aromatic nitrogens is 1. The third kappa shape index (κ3) is 5.63. The van der Waals surface area contributed by atoms with Gasteiger partial charge in [0.05, 0.1) is 25.5 Å². The molecule has 35 heavy (non-hydrogen) atoms. The average molecular weight is 497 g/mol. The molecule has 7 nitrogen and oxygen atoms in total. The predicted molar refractivity (Wildman–Crippen MR) is 132 cm³/mol. The maximum Gasteiger partial charge on any atom is 0.305 e. The van der Waals surface area contributed by atoms with Crippen LogP contribution in [0.2, 0.25) is 0 Å². The van der Waals surface area contributed by atoms with Gasteiger partial charge in [-0.15, -0.1) is 0 Å². The highest BCUT2D eigenvalue weighted by Crippen LogP contribution is 2.30. The molecule has 0 saturated heterocycles. The zero-order valence-corrected chi connectivity index (χ0v) is 20.1. The van der Waals surface area contributed by atoms with E-state index in [1.54, 1.807) is 42.5 Å². The fraction of sp³-hybridized carbons (Fsp3) is 0.192. The van der Waals surface area contributed by atoms with Crippen molar-refractivity contribution in [1.82, 2.24) is 4.98 Å². The summed E-state index contributed by atoms with van der Waals surface area (Å²) in [7, 11) is -0.968. The zero-order valence-electron chi connectivity index (χ0n) is 19.3. The fourth-order valence-electron chi connectivity index (χ4n) is 3.89. The number of fused-ring (bicyclic) bond motifs is 1. The Balaban J connectivity index is 1.69. The van der Waals surface area contributed by atoms with Gasteiger partial charge in [-0.1, -0.05) is 12.1 Å². The molecule has 0 aliphatic rings. The Morgan fingerprint density at radius 2 is 1.71 bits per heavy atom. The lowest BCUT2D eigenvalue weighted by Crippen LogP contribution is -2.12. The molecular formula is C26H25FN2O5S.